The highest BCUT2D eigenvalue weighted by Gasteiger charge is 2.48. The quantitative estimate of drug-likeness (QED) is 0.842. The molecular formula is C19H21N3O5. The van der Waals surface area contributed by atoms with Crippen LogP contribution in [0.3, 0.4) is 0 Å². The molecule has 2 fully saturated rings. The lowest BCUT2D eigenvalue weighted by molar-refractivity contribution is -0.166. The summed E-state index contributed by atoms with van der Waals surface area (Å²) in [4.78, 5) is 26.1. The molecule has 2 aromatic rings. The van der Waals surface area contributed by atoms with Crippen molar-refractivity contribution in [2.24, 2.45) is 5.92 Å². The number of aromatic hydroxyl groups is 1. The predicted octanol–water partition coefficient (Wildman–Crippen LogP) is 1.43. The van der Waals surface area contributed by atoms with Crippen molar-refractivity contribution in [1.82, 2.24) is 15.4 Å². The van der Waals surface area contributed by atoms with Gasteiger partial charge in [0, 0.05) is 18.2 Å². The topological polar surface area (TPSA) is 105 Å². The number of nitrogens with zero attached hydrogens (tertiary/aromatic N) is 2. The van der Waals surface area contributed by atoms with Crippen LogP contribution < -0.4 is 5.32 Å². The van der Waals surface area contributed by atoms with Gasteiger partial charge in [0.05, 0.1) is 25.9 Å². The van der Waals surface area contributed by atoms with Crippen LogP contribution in [-0.4, -0.2) is 58.8 Å². The number of hydrogen-bond acceptors (Lipinski definition) is 6. The third-order valence-corrected chi connectivity index (χ3v) is 5.18. The monoisotopic (exact) mass is 371 g/mol. The fourth-order valence-corrected chi connectivity index (χ4v) is 3.60. The first-order valence-electron chi connectivity index (χ1n) is 8.96. The summed E-state index contributed by atoms with van der Waals surface area (Å²) >= 11 is 0. The van der Waals surface area contributed by atoms with Crippen molar-refractivity contribution in [3.05, 3.63) is 47.9 Å². The summed E-state index contributed by atoms with van der Waals surface area (Å²) in [6, 6.07) is 7.89. The highest BCUT2D eigenvalue weighted by atomic mass is 16.5. The molecule has 2 N–H and O–H groups in total. The largest absolute Gasteiger partial charge is 0.508 e. The third-order valence-electron chi connectivity index (χ3n) is 5.18. The van der Waals surface area contributed by atoms with E-state index in [9.17, 15) is 14.7 Å². The normalized spacial score (nSPS) is 20.9. The Morgan fingerprint density at radius 3 is 2.85 bits per heavy atom. The number of rotatable bonds is 4. The van der Waals surface area contributed by atoms with Gasteiger partial charge in [0.15, 0.2) is 0 Å². The standard InChI is InChI=1S/C19H21N3O5/c23-15-3-1-2-14(8-15)18(25)22-11-19(12-22)6-4-13(10-26-19)9-20-17(24)16-5-7-21-27-16/h1-3,5,7-8,13,23H,4,6,9-12H2,(H,20,24)/t13-/m0/s1. The third kappa shape index (κ3) is 3.66. The number of phenols is 1. The number of benzene rings is 1. The molecule has 0 radical (unpaired) electrons. The molecule has 8 nitrogen and oxygen atoms in total. The molecule has 8 heteroatoms. The molecular weight excluding hydrogens is 350 g/mol. The summed E-state index contributed by atoms with van der Waals surface area (Å²) in [5.41, 5.74) is 0.200. The Morgan fingerprint density at radius 2 is 2.19 bits per heavy atom. The van der Waals surface area contributed by atoms with Crippen LogP contribution in [0.4, 0.5) is 0 Å². The average Bonchev–Trinajstić information content (AvgIpc) is 3.19. The average molecular weight is 371 g/mol. The van der Waals surface area contributed by atoms with E-state index in [0.29, 0.717) is 31.8 Å². The number of carbonyl (C=O) groups excluding carboxylic acids is 2. The second-order valence-corrected chi connectivity index (χ2v) is 7.20. The molecule has 2 aliphatic heterocycles. The Hall–Kier alpha value is -2.87. The molecule has 1 aromatic heterocycles. The number of ether oxygens (including phenoxy) is 1. The molecule has 2 saturated heterocycles. The molecule has 1 aromatic carbocycles. The number of aromatic nitrogens is 1. The number of amides is 2. The minimum Gasteiger partial charge on any atom is -0.508 e. The minimum atomic E-state index is -0.280. The Kier molecular flexibility index (Phi) is 4.57. The first-order chi connectivity index (χ1) is 13.0. The summed E-state index contributed by atoms with van der Waals surface area (Å²) in [6.07, 6.45) is 3.20. The van der Waals surface area contributed by atoms with Gasteiger partial charge < -0.3 is 24.6 Å². The van der Waals surface area contributed by atoms with Gasteiger partial charge in [-0.1, -0.05) is 11.2 Å². The summed E-state index contributed by atoms with van der Waals surface area (Å²) in [7, 11) is 0. The van der Waals surface area contributed by atoms with Crippen LogP contribution in [0.1, 0.15) is 33.8 Å². The van der Waals surface area contributed by atoms with E-state index in [1.807, 2.05) is 0 Å². The van der Waals surface area contributed by atoms with E-state index < -0.39 is 0 Å². The molecule has 0 aliphatic carbocycles. The Labute approximate surface area is 156 Å². The van der Waals surface area contributed by atoms with E-state index in [1.54, 1.807) is 23.1 Å². The predicted molar refractivity (Wildman–Crippen MR) is 94.3 cm³/mol. The van der Waals surface area contributed by atoms with Gasteiger partial charge >= 0.3 is 0 Å². The molecule has 1 atom stereocenters. The number of carbonyl (C=O) groups is 2. The van der Waals surface area contributed by atoms with Gasteiger partial charge in [0.25, 0.3) is 11.8 Å². The van der Waals surface area contributed by atoms with E-state index >= 15 is 0 Å². The molecule has 4 rings (SSSR count). The van der Waals surface area contributed by atoms with Crippen LogP contribution in [0, 0.1) is 5.92 Å². The number of hydrogen-bond donors (Lipinski definition) is 2. The molecule has 0 bridgehead atoms. The Bertz CT molecular complexity index is 820. The van der Waals surface area contributed by atoms with Crippen molar-refractivity contribution in [2.75, 3.05) is 26.2 Å². The maximum Gasteiger partial charge on any atom is 0.289 e. The lowest BCUT2D eigenvalue weighted by atomic mass is 9.82. The van der Waals surface area contributed by atoms with E-state index in [2.05, 4.69) is 10.5 Å². The van der Waals surface area contributed by atoms with E-state index in [4.69, 9.17) is 9.26 Å². The zero-order valence-electron chi connectivity index (χ0n) is 14.8. The smallest absolute Gasteiger partial charge is 0.289 e. The summed E-state index contributed by atoms with van der Waals surface area (Å²) in [6.45, 7) is 2.17. The highest BCUT2D eigenvalue weighted by molar-refractivity contribution is 5.95. The maximum absolute atomic E-state index is 12.5. The maximum atomic E-state index is 12.5. The Morgan fingerprint density at radius 1 is 1.33 bits per heavy atom. The lowest BCUT2D eigenvalue weighted by Crippen LogP contribution is -2.66. The van der Waals surface area contributed by atoms with Crippen LogP contribution in [0.5, 0.6) is 5.75 Å². The first-order valence-corrected chi connectivity index (χ1v) is 8.96. The Balaban J connectivity index is 1.23. The fraction of sp³-hybridized carbons (Fsp3) is 0.421. The molecule has 3 heterocycles. The van der Waals surface area contributed by atoms with Crippen LogP contribution in [0.15, 0.2) is 41.1 Å². The lowest BCUT2D eigenvalue weighted by Gasteiger charge is -2.52. The molecule has 142 valence electrons. The minimum absolute atomic E-state index is 0.0835. The molecule has 2 aliphatic rings. The SMILES string of the molecule is O=C(NC[C@@H]1CCC2(CN(C(=O)c3cccc(O)c3)C2)OC1)c1ccno1. The fourth-order valence-electron chi connectivity index (χ4n) is 3.60. The highest BCUT2D eigenvalue weighted by Crippen LogP contribution is 2.36. The first kappa shape index (κ1) is 17.5. The summed E-state index contributed by atoms with van der Waals surface area (Å²) in [5, 5.41) is 15.9. The zero-order chi connectivity index (χ0) is 18.9. The number of phenolic OH excluding ortho intramolecular Hbond substituents is 1. The van der Waals surface area contributed by atoms with E-state index in [-0.39, 0.29) is 34.8 Å². The summed E-state index contributed by atoms with van der Waals surface area (Å²) in [5.74, 6) is 0.141. The number of likely N-dealkylation sites (tertiary alicyclic amines) is 1. The molecule has 1 spiro atoms. The molecule has 2 amide bonds. The van der Waals surface area contributed by atoms with Crippen LogP contribution in [0.25, 0.3) is 0 Å². The van der Waals surface area contributed by atoms with Crippen molar-refractivity contribution < 1.29 is 24.0 Å². The van der Waals surface area contributed by atoms with Crippen molar-refractivity contribution in [3.63, 3.8) is 0 Å². The summed E-state index contributed by atoms with van der Waals surface area (Å²) < 4.78 is 10.9. The van der Waals surface area contributed by atoms with Gasteiger partial charge in [-0.2, -0.15) is 0 Å². The van der Waals surface area contributed by atoms with Crippen molar-refractivity contribution in [2.45, 2.75) is 18.4 Å². The molecule has 27 heavy (non-hydrogen) atoms. The van der Waals surface area contributed by atoms with Gasteiger partial charge in [-0.05, 0) is 37.0 Å². The number of nitrogens with one attached hydrogen (secondary N) is 1. The van der Waals surface area contributed by atoms with Crippen LogP contribution in [-0.2, 0) is 4.74 Å². The van der Waals surface area contributed by atoms with Gasteiger partial charge in [0.1, 0.15) is 11.4 Å². The van der Waals surface area contributed by atoms with E-state index in [1.165, 1.54) is 18.3 Å². The zero-order valence-corrected chi connectivity index (χ0v) is 14.8. The van der Waals surface area contributed by atoms with Crippen LogP contribution in [0.2, 0.25) is 0 Å². The van der Waals surface area contributed by atoms with Gasteiger partial charge in [0.2, 0.25) is 5.76 Å². The van der Waals surface area contributed by atoms with Crippen LogP contribution >= 0.6 is 0 Å². The van der Waals surface area contributed by atoms with Gasteiger partial charge in [-0.25, -0.2) is 0 Å². The molecule has 0 unspecified atom stereocenters. The van der Waals surface area contributed by atoms with E-state index in [0.717, 1.165) is 12.8 Å². The second kappa shape index (κ2) is 7.03. The molecule has 0 saturated carbocycles. The van der Waals surface area contributed by atoms with Gasteiger partial charge in [-0.3, -0.25) is 9.59 Å². The van der Waals surface area contributed by atoms with Gasteiger partial charge in [-0.15, -0.1) is 0 Å². The van der Waals surface area contributed by atoms with Crippen molar-refractivity contribution in [1.29, 1.82) is 0 Å². The van der Waals surface area contributed by atoms with Crippen molar-refractivity contribution >= 4 is 11.8 Å². The second-order valence-electron chi connectivity index (χ2n) is 7.20. The van der Waals surface area contributed by atoms with Crippen molar-refractivity contribution in [3.8, 4) is 5.75 Å².